The van der Waals surface area contributed by atoms with Crippen molar-refractivity contribution in [2.75, 3.05) is 0 Å². The van der Waals surface area contributed by atoms with Crippen molar-refractivity contribution in [3.63, 3.8) is 0 Å². The maximum absolute atomic E-state index is 13.4. The number of Topliss-reactive ketones (excluding diaryl/α,β-unsaturated/α-hetero) is 1. The molecule has 2 heterocycles. The summed E-state index contributed by atoms with van der Waals surface area (Å²) in [6, 6.07) is 19.4. The van der Waals surface area contributed by atoms with Crippen LogP contribution in [-0.4, -0.2) is 27.0 Å². The Morgan fingerprint density at radius 3 is 2.48 bits per heavy atom. The molecule has 0 fully saturated rings. The summed E-state index contributed by atoms with van der Waals surface area (Å²) in [5.74, 6) is -2.09. The Bertz CT molecular complexity index is 1200. The Balaban J connectivity index is 1.85. The number of carbonyl (C=O) groups is 2. The van der Waals surface area contributed by atoms with Crippen LogP contribution in [0.1, 0.15) is 36.8 Å². The Morgan fingerprint density at radius 2 is 1.81 bits per heavy atom. The lowest BCUT2D eigenvalue weighted by Crippen LogP contribution is -2.45. The average Bonchev–Trinajstić information content (AvgIpc) is 3.14. The molecule has 0 saturated carbocycles. The molecule has 1 unspecified atom stereocenters. The van der Waals surface area contributed by atoms with Gasteiger partial charge in [-0.05, 0) is 39.0 Å². The van der Waals surface area contributed by atoms with E-state index in [0.717, 1.165) is 27.4 Å². The molecule has 156 valence electrons. The second-order valence-electron chi connectivity index (χ2n) is 8.37. The molecular weight excluding hydrogens is 408 g/mol. The fourth-order valence-corrected chi connectivity index (χ4v) is 4.64. The molecule has 1 amide bonds. The summed E-state index contributed by atoms with van der Waals surface area (Å²) in [6.07, 6.45) is 0. The molecule has 4 rings (SSSR count). The van der Waals surface area contributed by atoms with Gasteiger partial charge in [-0.25, -0.2) is 4.68 Å². The second kappa shape index (κ2) is 8.05. The maximum Gasteiger partial charge on any atom is 0.245 e. The molecule has 31 heavy (non-hydrogen) atoms. The van der Waals surface area contributed by atoms with Crippen LogP contribution in [0, 0.1) is 17.2 Å². The summed E-state index contributed by atoms with van der Waals surface area (Å²) < 4.78 is 1.75. The molecule has 6 nitrogen and oxygen atoms in total. The lowest BCUT2D eigenvalue weighted by Gasteiger charge is -2.22. The van der Waals surface area contributed by atoms with Crippen molar-refractivity contribution in [2.45, 2.75) is 37.0 Å². The number of amides is 1. The molecule has 0 radical (unpaired) electrons. The molecule has 1 N–H and O–H groups in total. The van der Waals surface area contributed by atoms with Crippen molar-refractivity contribution in [3.05, 3.63) is 65.9 Å². The van der Waals surface area contributed by atoms with Crippen LogP contribution in [0.2, 0.25) is 0 Å². The van der Waals surface area contributed by atoms with Crippen LogP contribution >= 0.6 is 11.8 Å². The van der Waals surface area contributed by atoms with Crippen LogP contribution in [0.15, 0.2) is 59.5 Å². The summed E-state index contributed by atoms with van der Waals surface area (Å²) in [5, 5.41) is 17.0. The monoisotopic (exact) mass is 430 g/mol. The number of benzene rings is 2. The standard InChI is InChI=1S/C24H22N4O2S/c1-24(2,3)26-23(30)17(13-25)22(29)20-18-14-31-19-12-8-7-11-16(19)21(18)28(27-20)15-9-5-4-6-10-15/h4-12,17H,14H2,1-3H3,(H,26,30). The van der Waals surface area contributed by atoms with Crippen LogP contribution in [-0.2, 0) is 10.5 Å². The van der Waals surface area contributed by atoms with Gasteiger partial charge in [-0.1, -0.05) is 36.4 Å². The van der Waals surface area contributed by atoms with E-state index in [0.29, 0.717) is 5.75 Å². The number of hydrogen-bond donors (Lipinski definition) is 1. The number of fused-ring (bicyclic) bond motifs is 3. The van der Waals surface area contributed by atoms with Gasteiger partial charge in [-0.3, -0.25) is 9.59 Å². The van der Waals surface area contributed by atoms with Gasteiger partial charge in [-0.2, -0.15) is 10.4 Å². The molecule has 7 heteroatoms. The van der Waals surface area contributed by atoms with E-state index >= 15 is 0 Å². The summed E-state index contributed by atoms with van der Waals surface area (Å²) in [7, 11) is 0. The van der Waals surface area contributed by atoms with Gasteiger partial charge < -0.3 is 5.32 Å². The first kappa shape index (κ1) is 20.9. The van der Waals surface area contributed by atoms with Crippen LogP contribution in [0.25, 0.3) is 16.9 Å². The van der Waals surface area contributed by atoms with Crippen molar-refractivity contribution in [3.8, 4) is 23.0 Å². The maximum atomic E-state index is 13.4. The summed E-state index contributed by atoms with van der Waals surface area (Å²) >= 11 is 1.62. The number of rotatable bonds is 4. The number of aromatic nitrogens is 2. The lowest BCUT2D eigenvalue weighted by atomic mass is 9.96. The zero-order valence-electron chi connectivity index (χ0n) is 17.5. The first-order chi connectivity index (χ1) is 14.8. The summed E-state index contributed by atoms with van der Waals surface area (Å²) in [6.45, 7) is 5.43. The van der Waals surface area contributed by atoms with Crippen molar-refractivity contribution >= 4 is 23.5 Å². The molecular formula is C24H22N4O2S. The zero-order chi connectivity index (χ0) is 22.2. The Kier molecular flexibility index (Phi) is 5.42. The molecule has 1 atom stereocenters. The van der Waals surface area contributed by atoms with Gasteiger partial charge in [0.1, 0.15) is 5.69 Å². The molecule has 3 aromatic rings. The van der Waals surface area contributed by atoms with E-state index < -0.39 is 23.1 Å². The largest absolute Gasteiger partial charge is 0.350 e. The molecule has 1 aromatic heterocycles. The Morgan fingerprint density at radius 1 is 1.13 bits per heavy atom. The highest BCUT2D eigenvalue weighted by Gasteiger charge is 2.36. The van der Waals surface area contributed by atoms with Gasteiger partial charge in [0.15, 0.2) is 5.92 Å². The van der Waals surface area contributed by atoms with Crippen LogP contribution in [0.5, 0.6) is 0 Å². The highest BCUT2D eigenvalue weighted by atomic mass is 32.2. The molecule has 1 aliphatic heterocycles. The number of nitrogens with one attached hydrogen (secondary N) is 1. The van der Waals surface area contributed by atoms with Crippen LogP contribution < -0.4 is 5.32 Å². The Labute approximate surface area is 185 Å². The molecule has 0 spiro atoms. The van der Waals surface area contributed by atoms with Gasteiger partial charge in [0.25, 0.3) is 0 Å². The number of nitrogens with zero attached hydrogens (tertiary/aromatic N) is 3. The van der Waals surface area contributed by atoms with Crippen molar-refractivity contribution in [2.24, 2.45) is 5.92 Å². The van der Waals surface area contributed by atoms with Gasteiger partial charge in [0.2, 0.25) is 11.7 Å². The molecule has 1 aliphatic rings. The molecule has 2 aromatic carbocycles. The van der Waals surface area contributed by atoms with E-state index in [4.69, 9.17) is 0 Å². The summed E-state index contributed by atoms with van der Waals surface area (Å²) in [5.41, 5.74) is 3.00. The third-order valence-corrected chi connectivity index (χ3v) is 5.98. The Hall–Kier alpha value is -3.37. The van der Waals surface area contributed by atoms with Gasteiger partial charge in [0.05, 0.1) is 17.5 Å². The van der Waals surface area contributed by atoms with Gasteiger partial charge in [-0.15, -0.1) is 11.8 Å². The van der Waals surface area contributed by atoms with Gasteiger partial charge in [0, 0.05) is 27.3 Å². The predicted molar refractivity (Wildman–Crippen MR) is 120 cm³/mol. The fraction of sp³-hybridized carbons (Fsp3) is 0.250. The van der Waals surface area contributed by atoms with E-state index in [-0.39, 0.29) is 5.69 Å². The first-order valence-corrected chi connectivity index (χ1v) is 10.9. The predicted octanol–water partition coefficient (Wildman–Crippen LogP) is 4.38. The van der Waals surface area contributed by atoms with E-state index in [2.05, 4.69) is 10.4 Å². The number of nitriles is 1. The number of para-hydroxylation sites is 1. The number of hydrogen-bond acceptors (Lipinski definition) is 5. The van der Waals surface area contributed by atoms with Crippen LogP contribution in [0.4, 0.5) is 0 Å². The van der Waals surface area contributed by atoms with Crippen molar-refractivity contribution < 1.29 is 9.59 Å². The normalized spacial score (nSPS) is 13.5. The minimum absolute atomic E-state index is 0.177. The van der Waals surface area contributed by atoms with E-state index in [1.165, 1.54) is 0 Å². The smallest absolute Gasteiger partial charge is 0.245 e. The third-order valence-electron chi connectivity index (χ3n) is 4.88. The number of thioether (sulfide) groups is 1. The molecule has 0 aliphatic carbocycles. The molecule has 0 bridgehead atoms. The average molecular weight is 431 g/mol. The van der Waals surface area contributed by atoms with Crippen LogP contribution in [0.3, 0.4) is 0 Å². The highest BCUT2D eigenvalue weighted by Crippen LogP contribution is 2.43. The zero-order valence-corrected chi connectivity index (χ0v) is 18.4. The molecule has 0 saturated heterocycles. The van der Waals surface area contributed by atoms with E-state index in [1.807, 2.05) is 81.4 Å². The second-order valence-corrected chi connectivity index (χ2v) is 9.39. The minimum Gasteiger partial charge on any atom is -0.350 e. The lowest BCUT2D eigenvalue weighted by molar-refractivity contribution is -0.123. The fourth-order valence-electron chi connectivity index (χ4n) is 3.57. The van der Waals surface area contributed by atoms with E-state index in [9.17, 15) is 14.9 Å². The quantitative estimate of drug-likeness (QED) is 0.490. The summed E-state index contributed by atoms with van der Waals surface area (Å²) in [4.78, 5) is 27.1. The topological polar surface area (TPSA) is 87.8 Å². The number of carbonyl (C=O) groups excluding carboxylic acids is 2. The number of ketones is 1. The van der Waals surface area contributed by atoms with E-state index in [1.54, 1.807) is 16.4 Å². The SMILES string of the molecule is CC(C)(C)NC(=O)C(C#N)C(=O)c1nn(-c2ccccc2)c2c1CSc1ccccc1-2. The highest BCUT2D eigenvalue weighted by molar-refractivity contribution is 7.98. The van der Waals surface area contributed by atoms with Crippen molar-refractivity contribution in [1.29, 1.82) is 5.26 Å². The third kappa shape index (κ3) is 3.99. The van der Waals surface area contributed by atoms with Crippen molar-refractivity contribution in [1.82, 2.24) is 15.1 Å². The first-order valence-electron chi connectivity index (χ1n) is 9.95. The van der Waals surface area contributed by atoms with Gasteiger partial charge >= 0.3 is 0 Å². The minimum atomic E-state index is -1.45.